The molecule has 1 atom stereocenters. The molecular formula is C23H30N2O2. The quantitative estimate of drug-likeness (QED) is 0.674. The Bertz CT molecular complexity index is 953. The number of hydrogen-bond acceptors (Lipinski definition) is 3. The Morgan fingerprint density at radius 2 is 1.44 bits per heavy atom. The molecule has 0 amide bonds. The largest absolute Gasteiger partial charge is 0.507 e. The van der Waals surface area contributed by atoms with Crippen LogP contribution in [0.25, 0.3) is 11.0 Å². The lowest BCUT2D eigenvalue weighted by molar-refractivity contribution is 0.206. The summed E-state index contributed by atoms with van der Waals surface area (Å²) in [5, 5.41) is 22.1. The number of aliphatic hydroxyl groups excluding tert-OH is 1. The van der Waals surface area contributed by atoms with E-state index in [1.165, 1.54) is 0 Å². The predicted molar refractivity (Wildman–Crippen MR) is 110 cm³/mol. The highest BCUT2D eigenvalue weighted by molar-refractivity contribution is 5.76. The topological polar surface area (TPSA) is 58.3 Å². The molecule has 0 saturated carbocycles. The molecule has 0 aliphatic rings. The van der Waals surface area contributed by atoms with Gasteiger partial charge in [-0.1, -0.05) is 53.7 Å². The fourth-order valence-corrected chi connectivity index (χ4v) is 3.52. The number of para-hydroxylation sites is 2. The van der Waals surface area contributed by atoms with Gasteiger partial charge < -0.3 is 14.8 Å². The van der Waals surface area contributed by atoms with E-state index in [4.69, 9.17) is 0 Å². The van der Waals surface area contributed by atoms with Gasteiger partial charge in [0.25, 0.3) is 0 Å². The van der Waals surface area contributed by atoms with Gasteiger partial charge in [-0.25, -0.2) is 4.98 Å². The van der Waals surface area contributed by atoms with Crippen molar-refractivity contribution >= 4 is 11.0 Å². The molecular weight excluding hydrogens is 336 g/mol. The summed E-state index contributed by atoms with van der Waals surface area (Å²) in [5.41, 5.74) is 3.78. The van der Waals surface area contributed by atoms with Gasteiger partial charge in [-0.15, -0.1) is 0 Å². The van der Waals surface area contributed by atoms with E-state index in [0.29, 0.717) is 11.6 Å². The SMILES string of the molecule is Cn1c([C@@H](O)c2cc(C(C)(C)C)c(O)c(C(C)(C)C)c2)nc2ccccc21. The monoisotopic (exact) mass is 366 g/mol. The summed E-state index contributed by atoms with van der Waals surface area (Å²) >= 11 is 0. The maximum Gasteiger partial charge on any atom is 0.143 e. The van der Waals surface area contributed by atoms with Crippen LogP contribution in [0.15, 0.2) is 36.4 Å². The van der Waals surface area contributed by atoms with Crippen molar-refractivity contribution in [3.05, 3.63) is 58.9 Å². The van der Waals surface area contributed by atoms with Crippen LogP contribution in [0.4, 0.5) is 0 Å². The Kier molecular flexibility index (Phi) is 4.59. The number of phenolic OH excluding ortho intramolecular Hbond substituents is 1. The minimum atomic E-state index is -0.870. The molecule has 27 heavy (non-hydrogen) atoms. The van der Waals surface area contributed by atoms with E-state index in [1.54, 1.807) is 0 Å². The minimum Gasteiger partial charge on any atom is -0.507 e. The Morgan fingerprint density at radius 1 is 0.926 bits per heavy atom. The summed E-state index contributed by atoms with van der Waals surface area (Å²) in [7, 11) is 1.92. The summed E-state index contributed by atoms with van der Waals surface area (Å²) in [6, 6.07) is 11.7. The zero-order valence-electron chi connectivity index (χ0n) is 17.3. The summed E-state index contributed by atoms with van der Waals surface area (Å²) in [6.45, 7) is 12.4. The zero-order valence-corrected chi connectivity index (χ0v) is 17.3. The number of hydrogen-bond donors (Lipinski definition) is 2. The van der Waals surface area contributed by atoms with Gasteiger partial charge in [0.2, 0.25) is 0 Å². The average molecular weight is 367 g/mol. The predicted octanol–water partition coefficient (Wildman–Crippen LogP) is 4.96. The Balaban J connectivity index is 2.22. The fraction of sp³-hybridized carbons (Fsp3) is 0.435. The highest BCUT2D eigenvalue weighted by Gasteiger charge is 2.29. The zero-order chi connectivity index (χ0) is 20.1. The van der Waals surface area contributed by atoms with Crippen LogP contribution < -0.4 is 0 Å². The van der Waals surface area contributed by atoms with E-state index in [0.717, 1.165) is 27.7 Å². The van der Waals surface area contributed by atoms with Crippen LogP contribution in [0.2, 0.25) is 0 Å². The first-order valence-corrected chi connectivity index (χ1v) is 9.38. The number of aromatic nitrogens is 2. The molecule has 3 rings (SSSR count). The Morgan fingerprint density at radius 3 is 1.93 bits per heavy atom. The first-order chi connectivity index (χ1) is 12.4. The first-order valence-electron chi connectivity index (χ1n) is 9.38. The van der Waals surface area contributed by atoms with Gasteiger partial charge in [-0.2, -0.15) is 0 Å². The van der Waals surface area contributed by atoms with E-state index in [2.05, 4.69) is 46.5 Å². The molecule has 0 spiro atoms. The number of rotatable bonds is 2. The van der Waals surface area contributed by atoms with Crippen molar-refractivity contribution in [3.63, 3.8) is 0 Å². The molecule has 0 fully saturated rings. The number of imidazole rings is 1. The van der Waals surface area contributed by atoms with Crippen LogP contribution in [0.3, 0.4) is 0 Å². The van der Waals surface area contributed by atoms with Crippen LogP contribution in [0, 0.1) is 0 Å². The van der Waals surface area contributed by atoms with E-state index in [-0.39, 0.29) is 10.8 Å². The van der Waals surface area contributed by atoms with Gasteiger partial charge in [-0.05, 0) is 51.8 Å². The van der Waals surface area contributed by atoms with Gasteiger partial charge in [0.05, 0.1) is 11.0 Å². The third-order valence-corrected chi connectivity index (χ3v) is 5.13. The molecule has 4 heteroatoms. The molecule has 1 heterocycles. The lowest BCUT2D eigenvalue weighted by atomic mass is 9.78. The van der Waals surface area contributed by atoms with Crippen molar-refractivity contribution in [3.8, 4) is 5.75 Å². The number of fused-ring (bicyclic) bond motifs is 1. The van der Waals surface area contributed by atoms with Crippen molar-refractivity contribution < 1.29 is 10.2 Å². The van der Waals surface area contributed by atoms with Gasteiger partial charge in [-0.3, -0.25) is 0 Å². The highest BCUT2D eigenvalue weighted by atomic mass is 16.3. The number of nitrogens with zero attached hydrogens (tertiary/aromatic N) is 2. The van der Waals surface area contributed by atoms with Crippen LogP contribution >= 0.6 is 0 Å². The highest BCUT2D eigenvalue weighted by Crippen LogP contribution is 2.41. The van der Waals surface area contributed by atoms with Gasteiger partial charge >= 0.3 is 0 Å². The molecule has 0 aliphatic carbocycles. The van der Waals surface area contributed by atoms with E-state index in [1.807, 2.05) is 48.0 Å². The normalized spacial score (nSPS) is 13.9. The van der Waals surface area contributed by atoms with E-state index in [9.17, 15) is 10.2 Å². The van der Waals surface area contributed by atoms with Crippen LogP contribution in [0.5, 0.6) is 5.75 Å². The summed E-state index contributed by atoms with van der Waals surface area (Å²) < 4.78 is 1.93. The van der Waals surface area contributed by atoms with Crippen molar-refractivity contribution in [2.75, 3.05) is 0 Å². The second-order valence-corrected chi connectivity index (χ2v) is 9.38. The Labute approximate surface area is 161 Å². The van der Waals surface area contributed by atoms with Crippen LogP contribution in [-0.2, 0) is 17.9 Å². The van der Waals surface area contributed by atoms with E-state index >= 15 is 0 Å². The van der Waals surface area contributed by atoms with Crippen LogP contribution in [-0.4, -0.2) is 19.8 Å². The molecule has 0 bridgehead atoms. The lowest BCUT2D eigenvalue weighted by Crippen LogP contribution is -2.19. The van der Waals surface area contributed by atoms with E-state index < -0.39 is 6.10 Å². The molecule has 4 nitrogen and oxygen atoms in total. The second kappa shape index (κ2) is 6.38. The third kappa shape index (κ3) is 3.46. The smallest absolute Gasteiger partial charge is 0.143 e. The number of phenols is 1. The van der Waals surface area contributed by atoms with Crippen molar-refractivity contribution in [1.82, 2.24) is 9.55 Å². The molecule has 0 saturated heterocycles. The third-order valence-electron chi connectivity index (χ3n) is 5.13. The lowest BCUT2D eigenvalue weighted by Gasteiger charge is -2.29. The second-order valence-electron chi connectivity index (χ2n) is 9.38. The molecule has 0 unspecified atom stereocenters. The van der Waals surface area contributed by atoms with Gasteiger partial charge in [0, 0.05) is 7.05 Å². The fourth-order valence-electron chi connectivity index (χ4n) is 3.52. The Hall–Kier alpha value is -2.33. The average Bonchev–Trinajstić information content (AvgIpc) is 2.89. The first kappa shape index (κ1) is 19.4. The minimum absolute atomic E-state index is 0.244. The number of aliphatic hydroxyl groups is 1. The van der Waals surface area contributed by atoms with Gasteiger partial charge in [0.1, 0.15) is 17.7 Å². The van der Waals surface area contributed by atoms with Crippen molar-refractivity contribution in [2.45, 2.75) is 58.5 Å². The maximum atomic E-state index is 11.2. The number of aryl methyl sites for hydroxylation is 1. The number of aromatic hydroxyl groups is 1. The summed E-state index contributed by atoms with van der Waals surface area (Å²) in [5.74, 6) is 0.914. The molecule has 0 aliphatic heterocycles. The molecule has 2 N–H and O–H groups in total. The maximum absolute atomic E-state index is 11.2. The summed E-state index contributed by atoms with van der Waals surface area (Å²) in [4.78, 5) is 4.65. The summed E-state index contributed by atoms with van der Waals surface area (Å²) in [6.07, 6.45) is -0.870. The molecule has 144 valence electrons. The molecule has 0 radical (unpaired) electrons. The van der Waals surface area contributed by atoms with Crippen molar-refractivity contribution in [2.24, 2.45) is 7.05 Å². The van der Waals surface area contributed by atoms with Crippen LogP contribution in [0.1, 0.15) is 70.2 Å². The number of benzene rings is 2. The molecule has 2 aromatic carbocycles. The standard InChI is InChI=1S/C23H30N2O2/c1-22(2,3)15-12-14(13-16(20(15)27)23(4,5)6)19(26)21-24-17-10-8-9-11-18(17)25(21)7/h8-13,19,26-27H,1-7H3/t19-/m0/s1. The van der Waals surface area contributed by atoms with Crippen molar-refractivity contribution in [1.29, 1.82) is 0 Å². The van der Waals surface area contributed by atoms with Gasteiger partial charge in [0.15, 0.2) is 0 Å². The molecule has 1 aromatic heterocycles. The molecule has 3 aromatic rings.